The Bertz CT molecular complexity index is 1530. The van der Waals surface area contributed by atoms with Gasteiger partial charge in [0.05, 0.1) is 17.5 Å². The topological polar surface area (TPSA) is 85.3 Å². The van der Waals surface area contributed by atoms with Crippen LogP contribution in [0.5, 0.6) is 0 Å². The van der Waals surface area contributed by atoms with Gasteiger partial charge in [-0.3, -0.25) is 4.90 Å². The van der Waals surface area contributed by atoms with Gasteiger partial charge in [-0.15, -0.1) is 0 Å². The number of sulfone groups is 1. The van der Waals surface area contributed by atoms with Crippen molar-refractivity contribution >= 4 is 9.84 Å². The van der Waals surface area contributed by atoms with Gasteiger partial charge in [-0.1, -0.05) is 109 Å². The van der Waals surface area contributed by atoms with Crippen molar-refractivity contribution < 1.29 is 27.7 Å². The first kappa shape index (κ1) is 31.6. The van der Waals surface area contributed by atoms with Gasteiger partial charge in [-0.25, -0.2) is 8.42 Å². The molecule has 6 rings (SSSR count). The molecule has 45 heavy (non-hydrogen) atoms. The molecule has 0 spiro atoms. The molecule has 4 aromatic carbocycles. The predicted octanol–water partition coefficient (Wildman–Crippen LogP) is 5.34. The molecule has 2 aliphatic rings. The van der Waals surface area contributed by atoms with Crippen molar-refractivity contribution in [3.05, 3.63) is 138 Å². The molecule has 8 heteroatoms. The minimum Gasteiger partial charge on any atom is -0.389 e. The van der Waals surface area contributed by atoms with E-state index in [2.05, 4.69) is 4.90 Å². The highest BCUT2D eigenvalue weighted by molar-refractivity contribution is 7.92. The molecule has 0 aliphatic carbocycles. The van der Waals surface area contributed by atoms with Gasteiger partial charge in [0, 0.05) is 7.11 Å². The molecule has 0 aromatic heterocycles. The Labute approximate surface area is 266 Å². The second kappa shape index (κ2) is 13.5. The van der Waals surface area contributed by atoms with Gasteiger partial charge in [0.2, 0.25) is 0 Å². The lowest BCUT2D eigenvalue weighted by molar-refractivity contribution is -0.252. The fraction of sp³-hybridized carbons (Fsp3) is 0.351. The van der Waals surface area contributed by atoms with Crippen molar-refractivity contribution in [1.82, 2.24) is 4.90 Å². The molecule has 236 valence electrons. The fourth-order valence-electron chi connectivity index (χ4n) is 6.88. The maximum absolute atomic E-state index is 14.4. The van der Waals surface area contributed by atoms with Crippen molar-refractivity contribution in [1.29, 1.82) is 0 Å². The SMILES string of the molecule is CO[C@H]1O[C@H](COC(c2ccccc2)(c2ccccc2)c2ccccc2)[C@@H](O)C(S(=O)(=O)c2ccc(C)cc2)C1N1CCCC1. The summed E-state index contributed by atoms with van der Waals surface area (Å²) in [5.41, 5.74) is 2.59. The molecule has 2 fully saturated rings. The van der Waals surface area contributed by atoms with E-state index in [0.29, 0.717) is 13.1 Å². The van der Waals surface area contributed by atoms with Gasteiger partial charge in [0.15, 0.2) is 16.1 Å². The molecule has 2 unspecified atom stereocenters. The number of aliphatic hydroxyl groups is 1. The molecule has 5 atom stereocenters. The molecule has 0 radical (unpaired) electrons. The highest BCUT2D eigenvalue weighted by Crippen LogP contribution is 2.42. The number of aryl methyl sites for hydroxylation is 1. The molecule has 0 bridgehead atoms. The largest absolute Gasteiger partial charge is 0.389 e. The number of hydrogen-bond donors (Lipinski definition) is 1. The van der Waals surface area contributed by atoms with E-state index >= 15 is 0 Å². The summed E-state index contributed by atoms with van der Waals surface area (Å²) in [5.74, 6) is 0. The number of hydrogen-bond acceptors (Lipinski definition) is 7. The zero-order valence-corrected chi connectivity index (χ0v) is 26.6. The van der Waals surface area contributed by atoms with E-state index in [1.54, 1.807) is 24.3 Å². The number of aliphatic hydroxyl groups excluding tert-OH is 1. The van der Waals surface area contributed by atoms with E-state index in [0.717, 1.165) is 35.1 Å². The maximum Gasteiger partial charge on any atom is 0.185 e. The third-order valence-corrected chi connectivity index (χ3v) is 11.4. The van der Waals surface area contributed by atoms with Crippen LogP contribution in [-0.2, 0) is 29.6 Å². The van der Waals surface area contributed by atoms with Crippen molar-refractivity contribution in [2.75, 3.05) is 26.8 Å². The molecule has 4 aromatic rings. The molecule has 1 N–H and O–H groups in total. The van der Waals surface area contributed by atoms with Gasteiger partial charge in [-0.2, -0.15) is 0 Å². The van der Waals surface area contributed by atoms with Gasteiger partial charge in [0.1, 0.15) is 23.1 Å². The average molecular weight is 628 g/mol. The molecular formula is C37H41NO6S. The first-order valence-electron chi connectivity index (χ1n) is 15.6. The summed E-state index contributed by atoms with van der Waals surface area (Å²) >= 11 is 0. The van der Waals surface area contributed by atoms with E-state index in [4.69, 9.17) is 14.2 Å². The van der Waals surface area contributed by atoms with Crippen LogP contribution in [0.1, 0.15) is 35.1 Å². The van der Waals surface area contributed by atoms with Crippen molar-refractivity contribution in [3.8, 4) is 0 Å². The lowest BCUT2D eigenvalue weighted by Crippen LogP contribution is -2.66. The Morgan fingerprint density at radius 1 is 0.800 bits per heavy atom. The van der Waals surface area contributed by atoms with Crippen LogP contribution in [0.4, 0.5) is 0 Å². The van der Waals surface area contributed by atoms with E-state index in [1.165, 1.54) is 7.11 Å². The third-order valence-electron chi connectivity index (χ3n) is 9.15. The lowest BCUT2D eigenvalue weighted by Gasteiger charge is -2.48. The van der Waals surface area contributed by atoms with Gasteiger partial charge in [-0.05, 0) is 61.7 Å². The van der Waals surface area contributed by atoms with E-state index in [1.807, 2.05) is 97.9 Å². The van der Waals surface area contributed by atoms with Crippen molar-refractivity contribution in [2.24, 2.45) is 0 Å². The van der Waals surface area contributed by atoms with Gasteiger partial charge < -0.3 is 19.3 Å². The normalized spacial score (nSPS) is 24.5. The number of nitrogens with zero attached hydrogens (tertiary/aromatic N) is 1. The minimum atomic E-state index is -4.01. The molecule has 2 aliphatic heterocycles. The summed E-state index contributed by atoms with van der Waals surface area (Å²) < 4.78 is 48.1. The number of rotatable bonds is 10. The zero-order chi connectivity index (χ0) is 31.4. The summed E-state index contributed by atoms with van der Waals surface area (Å²) in [7, 11) is -2.48. The summed E-state index contributed by atoms with van der Waals surface area (Å²) in [6.07, 6.45) is -1.37. The van der Waals surface area contributed by atoms with Crippen LogP contribution in [0, 0.1) is 6.92 Å². The maximum atomic E-state index is 14.4. The molecule has 7 nitrogen and oxygen atoms in total. The second-order valence-electron chi connectivity index (χ2n) is 11.9. The van der Waals surface area contributed by atoms with Crippen molar-refractivity contribution in [3.63, 3.8) is 0 Å². The van der Waals surface area contributed by atoms with E-state index in [-0.39, 0.29) is 11.5 Å². The fourth-order valence-corrected chi connectivity index (χ4v) is 8.92. The van der Waals surface area contributed by atoms with Crippen LogP contribution in [-0.4, -0.2) is 75.0 Å². The van der Waals surface area contributed by atoms with E-state index in [9.17, 15) is 13.5 Å². The Morgan fingerprint density at radius 2 is 1.29 bits per heavy atom. The van der Waals surface area contributed by atoms with Crippen LogP contribution in [0.15, 0.2) is 120 Å². The molecule has 2 heterocycles. The second-order valence-corrected chi connectivity index (χ2v) is 14.0. The third kappa shape index (κ3) is 6.11. The summed E-state index contributed by atoms with van der Waals surface area (Å²) in [4.78, 5) is 2.26. The van der Waals surface area contributed by atoms with Gasteiger partial charge in [0.25, 0.3) is 0 Å². The number of methoxy groups -OCH3 is 1. The Kier molecular flexibility index (Phi) is 9.52. The quantitative estimate of drug-likeness (QED) is 0.238. The monoisotopic (exact) mass is 627 g/mol. The number of ether oxygens (including phenoxy) is 3. The summed E-state index contributed by atoms with van der Waals surface area (Å²) in [5, 5.41) is 10.9. The van der Waals surface area contributed by atoms with Crippen LogP contribution in [0.3, 0.4) is 0 Å². The van der Waals surface area contributed by atoms with Crippen LogP contribution >= 0.6 is 0 Å². The summed E-state index contributed by atoms with van der Waals surface area (Å²) in [6, 6.07) is 35.9. The first-order valence-corrected chi connectivity index (χ1v) is 17.1. The number of likely N-dealkylation sites (tertiary alicyclic amines) is 1. The Morgan fingerprint density at radius 3 is 1.76 bits per heavy atom. The lowest BCUT2D eigenvalue weighted by atomic mass is 9.80. The van der Waals surface area contributed by atoms with Gasteiger partial charge >= 0.3 is 0 Å². The average Bonchev–Trinajstić information content (AvgIpc) is 3.62. The van der Waals surface area contributed by atoms with Crippen LogP contribution < -0.4 is 0 Å². The molecule has 2 saturated heterocycles. The molecule has 0 amide bonds. The van der Waals surface area contributed by atoms with Crippen molar-refractivity contribution in [2.45, 2.75) is 60.1 Å². The number of benzene rings is 4. The predicted molar refractivity (Wildman–Crippen MR) is 174 cm³/mol. The molecular weight excluding hydrogens is 586 g/mol. The standard InChI is InChI=1S/C37H41NO6S/c1-27-20-22-31(23-21-27)45(40,41)35-33(38-24-12-13-25-38)36(42-2)44-32(34(35)39)26-43-37(28-14-6-3-7-15-28,29-16-8-4-9-17-29)30-18-10-5-11-19-30/h3-11,14-23,32-36,39H,12-13,24-26H2,1-2H3/t32-,33?,34-,35?,36+/m1/s1. The Hall–Kier alpha value is -3.37. The van der Waals surface area contributed by atoms with Crippen LogP contribution in [0.2, 0.25) is 0 Å². The molecule has 0 saturated carbocycles. The smallest absolute Gasteiger partial charge is 0.185 e. The highest BCUT2D eigenvalue weighted by Gasteiger charge is 2.55. The summed E-state index contributed by atoms with van der Waals surface area (Å²) in [6.45, 7) is 3.24. The first-order chi connectivity index (χ1) is 21.9. The van der Waals surface area contributed by atoms with Crippen LogP contribution in [0.25, 0.3) is 0 Å². The minimum absolute atomic E-state index is 0.0909. The zero-order valence-electron chi connectivity index (χ0n) is 25.7. The van der Waals surface area contributed by atoms with E-state index < -0.39 is 45.2 Å². The highest BCUT2D eigenvalue weighted by atomic mass is 32.2. The Balaban J connectivity index is 1.42.